The van der Waals surface area contributed by atoms with Gasteiger partial charge in [-0.3, -0.25) is 0 Å². The molecule has 0 aliphatic heterocycles. The molecule has 0 spiro atoms. The number of unbranched alkanes of at least 4 members (excludes halogenated alkanes) is 4. The van der Waals surface area contributed by atoms with Gasteiger partial charge in [0.2, 0.25) is 0 Å². The Morgan fingerprint density at radius 2 is 0.700 bits per heavy atom. The van der Waals surface area contributed by atoms with Gasteiger partial charge in [-0.25, -0.2) is 0 Å². The fourth-order valence-corrected chi connectivity index (χ4v) is 1.30. The minimum atomic E-state index is 0. The zero-order valence-corrected chi connectivity index (χ0v) is 19.1. The average Bonchev–Trinajstić information content (AvgIpc) is 2.39. The molecule has 0 amide bonds. The van der Waals surface area contributed by atoms with E-state index in [0.717, 1.165) is 26.2 Å². The maximum absolute atomic E-state index is 4.35. The van der Waals surface area contributed by atoms with Gasteiger partial charge in [0.1, 0.15) is 0 Å². The molecule has 0 unspecified atom stereocenters. The van der Waals surface area contributed by atoms with E-state index >= 15 is 0 Å². The van der Waals surface area contributed by atoms with E-state index in [9.17, 15) is 0 Å². The number of nitrogens with zero attached hydrogens (tertiary/aromatic N) is 2. The zero-order chi connectivity index (χ0) is 13.9. The van der Waals surface area contributed by atoms with Gasteiger partial charge >= 0.3 is 40.8 Å². The minimum absolute atomic E-state index is 0. The van der Waals surface area contributed by atoms with Gasteiger partial charge in [0.05, 0.1) is 0 Å². The Morgan fingerprint density at radius 1 is 0.500 bits per heavy atom. The van der Waals surface area contributed by atoms with Crippen LogP contribution in [0, 0.1) is 40.8 Å². The van der Waals surface area contributed by atoms with Gasteiger partial charge in [0.15, 0.2) is 0 Å². The van der Waals surface area contributed by atoms with Crippen LogP contribution in [0.5, 0.6) is 0 Å². The summed E-state index contributed by atoms with van der Waals surface area (Å²) >= 11 is 0. The molecule has 0 N–H and O–H groups in total. The summed E-state index contributed by atoms with van der Waals surface area (Å²) in [6.45, 7) is 13.1. The van der Waals surface area contributed by atoms with E-state index < -0.39 is 0 Å². The second-order valence-electron chi connectivity index (χ2n) is 4.76. The van der Waals surface area contributed by atoms with Crippen LogP contribution in [0.1, 0.15) is 79.1 Å². The van der Waals surface area contributed by atoms with Crippen molar-refractivity contribution in [2.45, 2.75) is 79.1 Å². The number of halogens is 1. The molecule has 0 aliphatic carbocycles. The van der Waals surface area contributed by atoms with Crippen LogP contribution in [0.2, 0.25) is 0 Å². The Labute approximate surface area is 172 Å². The smallest absolute Gasteiger partial charge is 1.00 e. The summed E-state index contributed by atoms with van der Waals surface area (Å²) < 4.78 is 0. The van der Waals surface area contributed by atoms with Crippen molar-refractivity contribution in [3.05, 3.63) is 10.6 Å². The first kappa shape index (κ1) is 29.7. The minimum Gasteiger partial charge on any atom is -1.00 e. The first-order valence-electron chi connectivity index (χ1n) is 8.09. The molecule has 0 atom stereocenters. The maximum atomic E-state index is 4.35. The summed E-state index contributed by atoms with van der Waals surface area (Å²) in [5.41, 5.74) is 0. The van der Waals surface area contributed by atoms with Crippen molar-refractivity contribution in [2.75, 3.05) is 26.2 Å². The average molecular weight is 481 g/mol. The number of hydrogen-bond acceptors (Lipinski definition) is 0. The summed E-state index contributed by atoms with van der Waals surface area (Å²) in [5, 5.41) is 8.70. The van der Waals surface area contributed by atoms with Crippen molar-refractivity contribution in [1.82, 2.24) is 0 Å². The Bertz CT molecular complexity index is 101. The van der Waals surface area contributed by atoms with Crippen LogP contribution in [0.4, 0.5) is 0 Å². The van der Waals surface area contributed by atoms with Crippen molar-refractivity contribution in [3.63, 3.8) is 0 Å². The van der Waals surface area contributed by atoms with E-state index in [-0.39, 0.29) is 57.8 Å². The van der Waals surface area contributed by atoms with Crippen molar-refractivity contribution in [3.8, 4) is 0 Å². The normalized spacial score (nSPS) is 9.00. The molecule has 4 heteroatoms. The van der Waals surface area contributed by atoms with Crippen molar-refractivity contribution >= 4 is 0 Å². The predicted molar refractivity (Wildman–Crippen MR) is 85.8 cm³/mol. The molecule has 0 saturated heterocycles. The Kier molecular flexibility index (Phi) is 48.5. The Hall–Kier alpha value is 1.75. The first-order chi connectivity index (χ1) is 8.83. The molecule has 0 bridgehead atoms. The quantitative estimate of drug-likeness (QED) is 0.385. The molecule has 0 aromatic heterocycles. The first-order valence-corrected chi connectivity index (χ1v) is 8.09. The third kappa shape index (κ3) is 36.7. The molecule has 0 aromatic carbocycles. The largest absolute Gasteiger partial charge is 3.00 e. The van der Waals surface area contributed by atoms with Crippen molar-refractivity contribution in [2.24, 2.45) is 0 Å². The fraction of sp³-hybridized carbons (Fsp3) is 1.00. The van der Waals surface area contributed by atoms with Crippen LogP contribution in [-0.4, -0.2) is 26.2 Å². The summed E-state index contributed by atoms with van der Waals surface area (Å²) in [5.74, 6) is 0. The van der Waals surface area contributed by atoms with Gasteiger partial charge < -0.3 is 27.6 Å². The van der Waals surface area contributed by atoms with Gasteiger partial charge in [-0.15, -0.1) is 26.2 Å². The predicted octanol–water partition coefficient (Wildman–Crippen LogP) is 2.92. The molecule has 0 heterocycles. The van der Waals surface area contributed by atoms with Gasteiger partial charge in [0.25, 0.3) is 0 Å². The molecule has 0 aliphatic rings. The van der Waals surface area contributed by atoms with Crippen LogP contribution >= 0.6 is 0 Å². The molecule has 0 saturated carbocycles. The number of hydrogen-bond donors (Lipinski definition) is 0. The second kappa shape index (κ2) is 32.6. The van der Waals surface area contributed by atoms with Gasteiger partial charge in [-0.05, 0) is 0 Å². The second-order valence-corrected chi connectivity index (χ2v) is 4.76. The molecule has 0 fully saturated rings. The van der Waals surface area contributed by atoms with E-state index in [1.54, 1.807) is 0 Å². The number of rotatable bonds is 12. The van der Waals surface area contributed by atoms with Gasteiger partial charge in [0, 0.05) is 0 Å². The molecule has 1 radical (unpaired) electrons. The summed E-state index contributed by atoms with van der Waals surface area (Å²) in [6, 6.07) is 0. The van der Waals surface area contributed by atoms with Crippen LogP contribution in [-0.2, 0) is 0 Å². The Balaban J connectivity index is -0.000000116. The van der Waals surface area contributed by atoms with Crippen LogP contribution in [0.25, 0.3) is 10.6 Å². The van der Waals surface area contributed by atoms with Gasteiger partial charge in [-0.1, -0.05) is 79.1 Å². The van der Waals surface area contributed by atoms with E-state index in [2.05, 4.69) is 38.3 Å². The van der Waals surface area contributed by atoms with Crippen LogP contribution in [0.15, 0.2) is 0 Å². The third-order valence-corrected chi connectivity index (χ3v) is 2.68. The molecular weight excluding hydrogens is 444 g/mol. The fourth-order valence-electron chi connectivity index (χ4n) is 1.30. The molecule has 0 rings (SSSR count). The molecule has 20 heavy (non-hydrogen) atoms. The summed E-state index contributed by atoms with van der Waals surface area (Å²) in [7, 11) is 0. The van der Waals surface area contributed by atoms with Crippen molar-refractivity contribution in [1.29, 1.82) is 0 Å². The van der Waals surface area contributed by atoms with E-state index in [1.807, 2.05) is 0 Å². The molecule has 2 nitrogen and oxygen atoms in total. The standard InChI is InChI=1S/2C8H18N.BrH.Nd/c2*1-3-5-7-9-8-6-4-2;;/h2*3-8H2,1-2H3;1H;/q2*-1;;+3/p-1. The Morgan fingerprint density at radius 3 is 0.850 bits per heavy atom. The van der Waals surface area contributed by atoms with Gasteiger partial charge in [-0.2, -0.15) is 0 Å². The maximum Gasteiger partial charge on any atom is 3.00 e. The third-order valence-electron chi connectivity index (χ3n) is 2.68. The van der Waals surface area contributed by atoms with Crippen molar-refractivity contribution < 1.29 is 57.8 Å². The zero-order valence-electron chi connectivity index (χ0n) is 14.3. The SMILES string of the molecule is CCCC[N-]CCCC.CCCC[N-]CCCC.[Br-].[Nd+3]. The monoisotopic (exact) mass is 477 g/mol. The van der Waals surface area contributed by atoms with Crippen LogP contribution in [0.3, 0.4) is 0 Å². The molecular formula is C16H36BrN2Nd. The molecule has 121 valence electrons. The molecule has 0 aromatic rings. The van der Waals surface area contributed by atoms with Crippen LogP contribution < -0.4 is 17.0 Å². The van der Waals surface area contributed by atoms with E-state index in [4.69, 9.17) is 0 Å². The van der Waals surface area contributed by atoms with E-state index in [1.165, 1.54) is 51.4 Å². The summed E-state index contributed by atoms with van der Waals surface area (Å²) in [4.78, 5) is 0. The van der Waals surface area contributed by atoms with E-state index in [0.29, 0.717) is 0 Å². The summed E-state index contributed by atoms with van der Waals surface area (Å²) in [6.07, 6.45) is 10.2. The topological polar surface area (TPSA) is 28.2 Å².